The van der Waals surface area contributed by atoms with Gasteiger partial charge in [-0.1, -0.05) is 28.0 Å². The fraction of sp³-hybridized carbons (Fsp3) is 0.812. The Labute approximate surface area is 145 Å². The zero-order valence-corrected chi connectivity index (χ0v) is 15.0. The molecule has 0 aromatic carbocycles. The number of ether oxygens (including phenoxy) is 1. The predicted octanol–water partition coefficient (Wildman–Crippen LogP) is 3.20. The number of carbonyl (C=O) groups is 2. The van der Waals surface area contributed by atoms with Crippen LogP contribution in [0.15, 0.2) is 0 Å². The van der Waals surface area contributed by atoms with Crippen LogP contribution in [0.2, 0.25) is 0 Å². The third-order valence-electron chi connectivity index (χ3n) is 4.30. The third kappa shape index (κ3) is 6.27. The van der Waals surface area contributed by atoms with Gasteiger partial charge >= 0.3 is 5.97 Å². The van der Waals surface area contributed by atoms with E-state index < -0.39 is 5.54 Å². The molecule has 1 saturated heterocycles. The Morgan fingerprint density at radius 3 is 2.74 bits per heavy atom. The largest absolute Gasteiger partial charge is 0.456 e. The highest BCUT2D eigenvalue weighted by molar-refractivity contribution is 8.77. The Bertz CT molecular complexity index is 453. The zero-order chi connectivity index (χ0) is 16.5. The molecule has 7 heteroatoms. The molecule has 0 spiro atoms. The average molecular weight is 357 g/mol. The van der Waals surface area contributed by atoms with E-state index in [4.69, 9.17) is 4.74 Å². The molecule has 2 rings (SSSR count). The lowest BCUT2D eigenvalue weighted by atomic mass is 10.00. The highest BCUT2D eigenvalue weighted by Crippen LogP contribution is 2.39. The minimum atomic E-state index is -0.750. The van der Waals surface area contributed by atoms with Crippen LogP contribution < -0.4 is 5.32 Å². The van der Waals surface area contributed by atoms with E-state index in [1.807, 2.05) is 21.6 Å². The molecule has 23 heavy (non-hydrogen) atoms. The standard InChI is InChI=1S/C16H24N2O3S2/c17-12-16(8-3-4-9-16)18-14(19)11-21-15(20)6-2-1-5-13-7-10-22-23-13/h13H,1-11H2,(H,18,19)/t13-/m1/s1. The van der Waals surface area contributed by atoms with E-state index in [0.717, 1.165) is 37.4 Å². The van der Waals surface area contributed by atoms with Gasteiger partial charge in [0.25, 0.3) is 5.91 Å². The van der Waals surface area contributed by atoms with E-state index in [9.17, 15) is 14.9 Å². The molecule has 1 atom stereocenters. The molecule has 1 N–H and O–H groups in total. The van der Waals surface area contributed by atoms with Crippen LogP contribution in [0, 0.1) is 11.3 Å². The van der Waals surface area contributed by atoms with Gasteiger partial charge in [-0.25, -0.2) is 0 Å². The first-order valence-electron chi connectivity index (χ1n) is 8.30. The van der Waals surface area contributed by atoms with Crippen molar-refractivity contribution in [1.82, 2.24) is 5.32 Å². The van der Waals surface area contributed by atoms with Gasteiger partial charge in [-0.2, -0.15) is 5.26 Å². The van der Waals surface area contributed by atoms with Crippen LogP contribution in [-0.2, 0) is 14.3 Å². The van der Waals surface area contributed by atoms with Crippen molar-refractivity contribution in [1.29, 1.82) is 5.26 Å². The van der Waals surface area contributed by atoms with Gasteiger partial charge < -0.3 is 10.1 Å². The van der Waals surface area contributed by atoms with Gasteiger partial charge in [-0.15, -0.1) is 0 Å². The van der Waals surface area contributed by atoms with Gasteiger partial charge in [-0.3, -0.25) is 9.59 Å². The lowest BCUT2D eigenvalue weighted by molar-refractivity contribution is -0.149. The van der Waals surface area contributed by atoms with Crippen molar-refractivity contribution in [3.63, 3.8) is 0 Å². The summed E-state index contributed by atoms with van der Waals surface area (Å²) in [4.78, 5) is 23.5. The number of nitriles is 1. The lowest BCUT2D eigenvalue weighted by Gasteiger charge is -2.21. The molecule has 1 heterocycles. The van der Waals surface area contributed by atoms with Gasteiger partial charge in [0.15, 0.2) is 6.61 Å². The molecule has 0 radical (unpaired) electrons. The average Bonchev–Trinajstić information content (AvgIpc) is 3.22. The number of nitrogens with one attached hydrogen (secondary N) is 1. The monoisotopic (exact) mass is 356 g/mol. The van der Waals surface area contributed by atoms with Crippen LogP contribution in [0.5, 0.6) is 0 Å². The summed E-state index contributed by atoms with van der Waals surface area (Å²) in [6, 6.07) is 2.19. The third-order valence-corrected chi connectivity index (χ3v) is 7.31. The first-order valence-corrected chi connectivity index (χ1v) is 10.7. The topological polar surface area (TPSA) is 79.2 Å². The quantitative estimate of drug-likeness (QED) is 0.409. The first-order chi connectivity index (χ1) is 11.1. The van der Waals surface area contributed by atoms with E-state index in [-0.39, 0.29) is 18.5 Å². The van der Waals surface area contributed by atoms with Gasteiger partial charge in [0.1, 0.15) is 5.54 Å². The number of hydrogen-bond acceptors (Lipinski definition) is 6. The summed E-state index contributed by atoms with van der Waals surface area (Å²) in [6.45, 7) is -0.280. The number of unbranched alkanes of at least 4 members (excludes halogenated alkanes) is 1. The second kappa shape index (κ2) is 9.43. The van der Waals surface area contributed by atoms with Gasteiger partial charge in [0.2, 0.25) is 0 Å². The SMILES string of the molecule is N#CC1(NC(=O)COC(=O)CCCC[C@@H]2CCSS2)CCCC1. The van der Waals surface area contributed by atoms with E-state index in [1.165, 1.54) is 12.2 Å². The van der Waals surface area contributed by atoms with Crippen molar-refractivity contribution in [2.75, 3.05) is 12.4 Å². The summed E-state index contributed by atoms with van der Waals surface area (Å²) in [6.07, 6.45) is 7.87. The fourth-order valence-corrected chi connectivity index (χ4v) is 6.00. The summed E-state index contributed by atoms with van der Waals surface area (Å²) in [7, 11) is 3.88. The van der Waals surface area contributed by atoms with Crippen molar-refractivity contribution in [2.45, 2.75) is 68.6 Å². The minimum absolute atomic E-state index is 0.280. The van der Waals surface area contributed by atoms with E-state index in [0.29, 0.717) is 19.3 Å². The van der Waals surface area contributed by atoms with Crippen molar-refractivity contribution in [3.8, 4) is 6.07 Å². The molecule has 2 aliphatic rings. The Hall–Kier alpha value is -0.870. The van der Waals surface area contributed by atoms with E-state index in [2.05, 4.69) is 11.4 Å². The molecule has 0 aromatic heterocycles. The maximum atomic E-state index is 11.8. The highest BCUT2D eigenvalue weighted by atomic mass is 33.1. The normalized spacial score (nSPS) is 22.5. The maximum absolute atomic E-state index is 11.8. The van der Waals surface area contributed by atoms with Crippen molar-refractivity contribution in [2.24, 2.45) is 0 Å². The lowest BCUT2D eigenvalue weighted by Crippen LogP contribution is -2.46. The van der Waals surface area contributed by atoms with Gasteiger partial charge in [0, 0.05) is 17.4 Å². The summed E-state index contributed by atoms with van der Waals surface area (Å²) >= 11 is 0. The smallest absolute Gasteiger partial charge is 0.306 e. The summed E-state index contributed by atoms with van der Waals surface area (Å²) in [5.74, 6) is 0.531. The molecule has 1 aliphatic carbocycles. The Balaban J connectivity index is 1.54. The number of esters is 1. The molecule has 0 aromatic rings. The van der Waals surface area contributed by atoms with Crippen LogP contribution in [0.25, 0.3) is 0 Å². The molecular formula is C16H24N2O3S2. The Morgan fingerprint density at radius 1 is 1.30 bits per heavy atom. The highest BCUT2D eigenvalue weighted by Gasteiger charge is 2.35. The Kier molecular flexibility index (Phi) is 7.57. The molecule has 5 nitrogen and oxygen atoms in total. The molecule has 1 aliphatic heterocycles. The molecule has 128 valence electrons. The van der Waals surface area contributed by atoms with Gasteiger partial charge in [-0.05, 0) is 44.9 Å². The van der Waals surface area contributed by atoms with Crippen LogP contribution in [-0.4, -0.2) is 35.0 Å². The van der Waals surface area contributed by atoms with E-state index in [1.54, 1.807) is 0 Å². The number of nitrogens with zero attached hydrogens (tertiary/aromatic N) is 1. The zero-order valence-electron chi connectivity index (χ0n) is 13.3. The Morgan fingerprint density at radius 2 is 2.09 bits per heavy atom. The number of amides is 1. The second-order valence-electron chi connectivity index (χ2n) is 6.18. The molecule has 0 unspecified atom stereocenters. The minimum Gasteiger partial charge on any atom is -0.456 e. The fourth-order valence-electron chi connectivity index (χ4n) is 2.97. The van der Waals surface area contributed by atoms with Gasteiger partial charge in [0.05, 0.1) is 6.07 Å². The summed E-state index contributed by atoms with van der Waals surface area (Å²) < 4.78 is 5.01. The van der Waals surface area contributed by atoms with Crippen LogP contribution in [0.3, 0.4) is 0 Å². The number of rotatable bonds is 8. The number of carbonyl (C=O) groups excluding carboxylic acids is 2. The predicted molar refractivity (Wildman–Crippen MR) is 92.8 cm³/mol. The van der Waals surface area contributed by atoms with Crippen LogP contribution in [0.4, 0.5) is 0 Å². The van der Waals surface area contributed by atoms with Crippen LogP contribution in [0.1, 0.15) is 57.8 Å². The molecule has 1 saturated carbocycles. The molecule has 1 amide bonds. The van der Waals surface area contributed by atoms with Crippen molar-refractivity contribution in [3.05, 3.63) is 0 Å². The molecule has 0 bridgehead atoms. The van der Waals surface area contributed by atoms with Crippen molar-refractivity contribution < 1.29 is 14.3 Å². The summed E-state index contributed by atoms with van der Waals surface area (Å²) in [5.41, 5.74) is -0.750. The second-order valence-corrected chi connectivity index (χ2v) is 8.97. The van der Waals surface area contributed by atoms with Crippen molar-refractivity contribution >= 4 is 33.5 Å². The first kappa shape index (κ1) is 18.5. The van der Waals surface area contributed by atoms with E-state index >= 15 is 0 Å². The summed E-state index contributed by atoms with van der Waals surface area (Å²) in [5, 5.41) is 12.7. The number of hydrogen-bond donors (Lipinski definition) is 1. The maximum Gasteiger partial charge on any atom is 0.306 e. The molecule has 2 fully saturated rings. The van der Waals surface area contributed by atoms with Crippen LogP contribution >= 0.6 is 21.6 Å². The molecular weight excluding hydrogens is 332 g/mol.